The quantitative estimate of drug-likeness (QED) is 0.316. The maximum Gasteiger partial charge on any atom is 0.264 e. The number of benzene rings is 2. The number of fused-ring (bicyclic) bond motifs is 4. The Morgan fingerprint density at radius 3 is 2.43 bits per heavy atom. The summed E-state index contributed by atoms with van der Waals surface area (Å²) in [5, 5.41) is 3.16. The third kappa shape index (κ3) is 6.08. The topological polar surface area (TPSA) is 110 Å². The molecule has 3 aromatic rings. The van der Waals surface area contributed by atoms with Crippen molar-refractivity contribution >= 4 is 21.9 Å². The standard InChI is InChI=1S/C35H44N4O4S/c1-6-30(40)36-27-18-35(19-27)16-26(17-35)33-24-11-8-12-28(14-24)44(41,42)39-34-37-29(32-22(4)9-7-10-23(32)5)15-31(38-34)43-20-25(33)13-21(2)3/h7-12,14-15,21,25-27,33H,6,13,16-20H2,1-5H3,(H,36,40)(H,37,38,39)/t25-,26?,27?,33?,35?/m1/s1. The molecule has 8 nitrogen and oxygen atoms in total. The van der Waals surface area contributed by atoms with Crippen LogP contribution in [-0.4, -0.2) is 36.9 Å². The number of carbonyl (C=O) groups is 1. The van der Waals surface area contributed by atoms with Crippen molar-refractivity contribution in [2.24, 2.45) is 23.2 Å². The van der Waals surface area contributed by atoms with E-state index in [4.69, 9.17) is 4.74 Å². The molecule has 234 valence electrons. The summed E-state index contributed by atoms with van der Waals surface area (Å²) in [5.41, 5.74) is 4.97. The molecular formula is C35H44N4O4S. The average molecular weight is 617 g/mol. The summed E-state index contributed by atoms with van der Waals surface area (Å²) in [7, 11) is -3.95. The van der Waals surface area contributed by atoms with Crippen LogP contribution in [0.3, 0.4) is 0 Å². The van der Waals surface area contributed by atoms with Crippen LogP contribution in [-0.2, 0) is 14.8 Å². The highest BCUT2D eigenvalue weighted by Crippen LogP contribution is 2.63. The Balaban J connectivity index is 1.36. The van der Waals surface area contributed by atoms with Crippen LogP contribution in [0, 0.1) is 37.0 Å². The van der Waals surface area contributed by atoms with Gasteiger partial charge in [0.2, 0.25) is 17.7 Å². The Labute approximate surface area is 261 Å². The minimum Gasteiger partial charge on any atom is -0.477 e. The van der Waals surface area contributed by atoms with Crippen LogP contribution < -0.4 is 14.8 Å². The van der Waals surface area contributed by atoms with Gasteiger partial charge < -0.3 is 10.1 Å². The number of sulfonamides is 1. The van der Waals surface area contributed by atoms with Crippen LogP contribution in [0.15, 0.2) is 53.4 Å². The normalized spacial score (nSPS) is 27.1. The molecule has 4 bridgehead atoms. The van der Waals surface area contributed by atoms with Gasteiger partial charge in [-0.2, -0.15) is 4.98 Å². The van der Waals surface area contributed by atoms with Crippen LogP contribution in [0.25, 0.3) is 11.3 Å². The molecule has 1 aromatic heterocycles. The molecule has 0 radical (unpaired) electrons. The zero-order chi connectivity index (χ0) is 31.2. The Morgan fingerprint density at radius 1 is 1.05 bits per heavy atom. The molecule has 2 aliphatic carbocycles. The van der Waals surface area contributed by atoms with E-state index in [1.165, 1.54) is 0 Å². The summed E-state index contributed by atoms with van der Waals surface area (Å²) >= 11 is 0. The van der Waals surface area contributed by atoms with Crippen LogP contribution in [0.5, 0.6) is 5.88 Å². The van der Waals surface area contributed by atoms with Gasteiger partial charge in [-0.3, -0.25) is 4.79 Å². The van der Waals surface area contributed by atoms with E-state index < -0.39 is 10.0 Å². The molecule has 44 heavy (non-hydrogen) atoms. The van der Waals surface area contributed by atoms with Gasteiger partial charge in [0, 0.05) is 30.0 Å². The molecule has 9 heteroatoms. The molecule has 2 N–H and O–H groups in total. The minimum absolute atomic E-state index is 0.00118. The molecule has 2 fully saturated rings. The van der Waals surface area contributed by atoms with Crippen molar-refractivity contribution in [2.45, 2.75) is 90.0 Å². The molecule has 1 unspecified atom stereocenters. The highest BCUT2D eigenvalue weighted by molar-refractivity contribution is 7.92. The lowest BCUT2D eigenvalue weighted by Gasteiger charge is -2.60. The maximum absolute atomic E-state index is 13.7. The number of aryl methyl sites for hydroxylation is 2. The van der Waals surface area contributed by atoms with Crippen molar-refractivity contribution in [1.29, 1.82) is 0 Å². The van der Waals surface area contributed by atoms with Crippen LogP contribution in [0.1, 0.15) is 81.9 Å². The number of nitrogens with one attached hydrogen (secondary N) is 2. The molecule has 0 saturated heterocycles. The highest BCUT2D eigenvalue weighted by Gasteiger charge is 2.55. The van der Waals surface area contributed by atoms with Crippen molar-refractivity contribution in [1.82, 2.24) is 15.3 Å². The smallest absolute Gasteiger partial charge is 0.264 e. The van der Waals surface area contributed by atoms with Gasteiger partial charge in [-0.05, 0) is 97.9 Å². The summed E-state index contributed by atoms with van der Waals surface area (Å²) < 4.78 is 36.6. The second-order valence-electron chi connectivity index (χ2n) is 13.8. The highest BCUT2D eigenvalue weighted by atomic mass is 32.2. The molecule has 3 aliphatic rings. The average Bonchev–Trinajstić information content (AvgIpc) is 2.92. The van der Waals surface area contributed by atoms with E-state index in [2.05, 4.69) is 39.9 Å². The Morgan fingerprint density at radius 2 is 1.75 bits per heavy atom. The number of hydrogen-bond donors (Lipinski definition) is 2. The number of anilines is 1. The van der Waals surface area contributed by atoms with Crippen molar-refractivity contribution in [3.8, 4) is 17.1 Å². The van der Waals surface area contributed by atoms with E-state index in [9.17, 15) is 13.2 Å². The lowest BCUT2D eigenvalue weighted by Crippen LogP contribution is -2.57. The number of aromatic nitrogens is 2. The van der Waals surface area contributed by atoms with E-state index >= 15 is 0 Å². The molecule has 6 rings (SSSR count). The first kappa shape index (κ1) is 30.6. The Kier molecular flexibility index (Phi) is 8.20. The van der Waals surface area contributed by atoms with Gasteiger partial charge >= 0.3 is 0 Å². The summed E-state index contributed by atoms with van der Waals surface area (Å²) in [6.07, 6.45) is 5.66. The van der Waals surface area contributed by atoms with E-state index in [1.54, 1.807) is 6.07 Å². The molecule has 2 aromatic carbocycles. The van der Waals surface area contributed by atoms with E-state index in [0.29, 0.717) is 36.4 Å². The minimum atomic E-state index is -3.95. The molecule has 2 saturated carbocycles. The number of amides is 1. The fourth-order valence-electron chi connectivity index (χ4n) is 8.06. The molecule has 2 heterocycles. The monoisotopic (exact) mass is 616 g/mol. The van der Waals surface area contributed by atoms with Gasteiger partial charge in [0.05, 0.1) is 17.2 Å². The van der Waals surface area contributed by atoms with Crippen molar-refractivity contribution in [2.75, 3.05) is 11.3 Å². The fraction of sp³-hybridized carbons (Fsp3) is 0.514. The number of hydrogen-bond acceptors (Lipinski definition) is 6. The SMILES string of the molecule is CCC(=O)NC1CC2(C1)CC(C1c3cccc(c3)S(=O)(=O)Nc3nc(cc(-c4c(C)cccc4C)n3)OC[C@H]1CC(C)C)C2. The molecule has 1 spiro atoms. The third-order valence-corrected chi connectivity index (χ3v) is 11.2. The summed E-state index contributed by atoms with van der Waals surface area (Å²) in [5.74, 6) is 1.64. The van der Waals surface area contributed by atoms with Gasteiger partial charge in [0.15, 0.2) is 0 Å². The lowest BCUT2D eigenvalue weighted by molar-refractivity contribution is -0.126. The van der Waals surface area contributed by atoms with Crippen molar-refractivity contribution in [3.63, 3.8) is 0 Å². The fourth-order valence-corrected chi connectivity index (χ4v) is 9.06. The summed E-state index contributed by atoms with van der Waals surface area (Å²) in [6.45, 7) is 10.9. The number of rotatable bonds is 6. The summed E-state index contributed by atoms with van der Waals surface area (Å²) in [6, 6.07) is 15.6. The van der Waals surface area contributed by atoms with Gasteiger partial charge in [-0.25, -0.2) is 18.1 Å². The van der Waals surface area contributed by atoms with Gasteiger partial charge in [-0.1, -0.05) is 51.1 Å². The largest absolute Gasteiger partial charge is 0.477 e. The van der Waals surface area contributed by atoms with Gasteiger partial charge in [0.1, 0.15) is 0 Å². The predicted octanol–water partition coefficient (Wildman–Crippen LogP) is 6.78. The number of nitrogens with zero attached hydrogens (tertiary/aromatic N) is 2. The first-order valence-corrected chi connectivity index (χ1v) is 17.4. The summed E-state index contributed by atoms with van der Waals surface area (Å²) in [4.78, 5) is 21.3. The Bertz CT molecular complexity index is 1640. The Hall–Kier alpha value is -3.46. The van der Waals surface area contributed by atoms with Crippen molar-refractivity contribution < 1.29 is 17.9 Å². The van der Waals surface area contributed by atoms with Gasteiger partial charge in [-0.15, -0.1) is 0 Å². The van der Waals surface area contributed by atoms with E-state index in [0.717, 1.165) is 54.4 Å². The van der Waals surface area contributed by atoms with Crippen molar-refractivity contribution in [3.05, 3.63) is 65.2 Å². The third-order valence-electron chi connectivity index (χ3n) is 9.89. The van der Waals surface area contributed by atoms with Crippen LogP contribution >= 0.6 is 0 Å². The predicted molar refractivity (Wildman–Crippen MR) is 172 cm³/mol. The maximum atomic E-state index is 13.7. The second-order valence-corrected chi connectivity index (χ2v) is 15.5. The van der Waals surface area contributed by atoms with Crippen LogP contribution in [0.2, 0.25) is 0 Å². The zero-order valence-electron chi connectivity index (χ0n) is 26.4. The first-order chi connectivity index (χ1) is 20.9. The lowest BCUT2D eigenvalue weighted by atomic mass is 9.46. The van der Waals surface area contributed by atoms with E-state index in [1.807, 2.05) is 57.2 Å². The van der Waals surface area contributed by atoms with Gasteiger partial charge in [0.25, 0.3) is 10.0 Å². The van der Waals surface area contributed by atoms with Crippen LogP contribution in [0.4, 0.5) is 5.95 Å². The zero-order valence-corrected chi connectivity index (χ0v) is 27.2. The molecular weight excluding hydrogens is 572 g/mol. The molecule has 2 atom stereocenters. The molecule has 1 amide bonds. The second kappa shape index (κ2) is 11.8. The number of ether oxygens (including phenoxy) is 1. The first-order valence-electron chi connectivity index (χ1n) is 16.0. The molecule has 1 aliphatic heterocycles. The number of carbonyl (C=O) groups excluding carboxylic acids is 1. The van der Waals surface area contributed by atoms with E-state index in [-0.39, 0.29) is 40.0 Å².